The van der Waals surface area contributed by atoms with E-state index in [0.29, 0.717) is 5.56 Å². The normalized spacial score (nSPS) is 15.2. The molecule has 12 heteroatoms. The number of hydrazone groups is 1. The standard InChI is InChI=1S/C18H20N4O7S/c1-28-18-10-13(2-5-17(18)23)12-19-20-15-4-3-14(11-16(15)22(24)25)30(26,27)21-6-8-29-9-7-21/h2-5,10-12,20,23H,6-9H2,1H3. The third-order valence-corrected chi connectivity index (χ3v) is 6.27. The molecule has 2 N–H and O–H groups in total. The average molecular weight is 436 g/mol. The molecule has 0 spiro atoms. The molecule has 160 valence electrons. The third-order valence-electron chi connectivity index (χ3n) is 4.38. The average Bonchev–Trinajstić information content (AvgIpc) is 2.75. The molecule has 0 aliphatic carbocycles. The summed E-state index contributed by atoms with van der Waals surface area (Å²) in [4.78, 5) is 10.6. The van der Waals surface area contributed by atoms with Crippen LogP contribution in [0.25, 0.3) is 0 Å². The Morgan fingerprint density at radius 1 is 1.27 bits per heavy atom. The first-order chi connectivity index (χ1) is 14.3. The molecule has 0 radical (unpaired) electrons. The highest BCUT2D eigenvalue weighted by atomic mass is 32.2. The molecule has 1 aliphatic heterocycles. The molecular formula is C18H20N4O7S. The van der Waals surface area contributed by atoms with E-state index in [2.05, 4.69) is 10.5 Å². The maximum Gasteiger partial charge on any atom is 0.295 e. The quantitative estimate of drug-likeness (QED) is 0.380. The van der Waals surface area contributed by atoms with Gasteiger partial charge in [-0.05, 0) is 35.9 Å². The molecule has 3 rings (SSSR count). The van der Waals surface area contributed by atoms with Gasteiger partial charge in [0.15, 0.2) is 11.5 Å². The van der Waals surface area contributed by atoms with Crippen LogP contribution in [0.4, 0.5) is 11.4 Å². The lowest BCUT2D eigenvalue weighted by atomic mass is 10.2. The first-order valence-corrected chi connectivity index (χ1v) is 10.3. The number of phenols is 1. The number of hydrogen-bond donors (Lipinski definition) is 2. The maximum atomic E-state index is 12.7. The number of morpholine rings is 1. The van der Waals surface area contributed by atoms with Crippen LogP contribution in [0.15, 0.2) is 46.4 Å². The second-order valence-electron chi connectivity index (χ2n) is 6.25. The predicted molar refractivity (Wildman–Crippen MR) is 109 cm³/mol. The number of ether oxygens (including phenoxy) is 2. The fourth-order valence-corrected chi connectivity index (χ4v) is 4.23. The van der Waals surface area contributed by atoms with Crippen molar-refractivity contribution in [2.45, 2.75) is 4.90 Å². The van der Waals surface area contributed by atoms with Gasteiger partial charge < -0.3 is 14.6 Å². The summed E-state index contributed by atoms with van der Waals surface area (Å²) in [5.41, 5.74) is 2.73. The van der Waals surface area contributed by atoms with Crippen molar-refractivity contribution in [2.75, 3.05) is 38.8 Å². The van der Waals surface area contributed by atoms with Crippen LogP contribution in [0.5, 0.6) is 11.5 Å². The maximum absolute atomic E-state index is 12.7. The second kappa shape index (κ2) is 9.07. The van der Waals surface area contributed by atoms with Gasteiger partial charge in [-0.15, -0.1) is 0 Å². The number of phenolic OH excluding ortho intramolecular Hbond substituents is 1. The van der Waals surface area contributed by atoms with Gasteiger partial charge in [0.1, 0.15) is 5.69 Å². The monoisotopic (exact) mass is 436 g/mol. The highest BCUT2D eigenvalue weighted by Crippen LogP contribution is 2.29. The zero-order valence-corrected chi connectivity index (χ0v) is 16.8. The third kappa shape index (κ3) is 4.67. The van der Waals surface area contributed by atoms with Gasteiger partial charge in [-0.25, -0.2) is 8.42 Å². The summed E-state index contributed by atoms with van der Waals surface area (Å²) in [5, 5.41) is 25.0. The number of methoxy groups -OCH3 is 1. The van der Waals surface area contributed by atoms with E-state index in [1.807, 2.05) is 0 Å². The molecule has 2 aromatic rings. The topological polar surface area (TPSA) is 144 Å². The Labute approximate surface area is 172 Å². The van der Waals surface area contributed by atoms with E-state index in [1.165, 1.54) is 41.9 Å². The zero-order chi connectivity index (χ0) is 21.7. The summed E-state index contributed by atoms with van der Waals surface area (Å²) in [6.07, 6.45) is 1.38. The highest BCUT2D eigenvalue weighted by Gasteiger charge is 2.28. The van der Waals surface area contributed by atoms with Crippen molar-refractivity contribution in [1.29, 1.82) is 0 Å². The zero-order valence-electron chi connectivity index (χ0n) is 16.0. The highest BCUT2D eigenvalue weighted by molar-refractivity contribution is 7.89. The molecular weight excluding hydrogens is 416 g/mol. The molecule has 1 saturated heterocycles. The number of nitro benzene ring substituents is 1. The molecule has 1 heterocycles. The Kier molecular flexibility index (Phi) is 6.50. The van der Waals surface area contributed by atoms with Gasteiger partial charge in [0.2, 0.25) is 10.0 Å². The van der Waals surface area contributed by atoms with E-state index in [1.54, 1.807) is 6.07 Å². The van der Waals surface area contributed by atoms with Crippen molar-refractivity contribution >= 4 is 27.6 Å². The van der Waals surface area contributed by atoms with Crippen molar-refractivity contribution in [2.24, 2.45) is 5.10 Å². The van der Waals surface area contributed by atoms with Crippen LogP contribution >= 0.6 is 0 Å². The van der Waals surface area contributed by atoms with Crippen LogP contribution in [-0.4, -0.2) is 62.4 Å². The van der Waals surface area contributed by atoms with Crippen LogP contribution in [0.3, 0.4) is 0 Å². The first kappa shape index (κ1) is 21.5. The summed E-state index contributed by atoms with van der Waals surface area (Å²) in [5.74, 6) is 0.220. The number of nitrogens with zero attached hydrogens (tertiary/aromatic N) is 3. The summed E-state index contributed by atoms with van der Waals surface area (Å²) in [6.45, 7) is 0.933. The Balaban J connectivity index is 1.83. The Morgan fingerprint density at radius 3 is 2.67 bits per heavy atom. The van der Waals surface area contributed by atoms with Crippen molar-refractivity contribution in [3.8, 4) is 11.5 Å². The Hall–Kier alpha value is -3.22. The van der Waals surface area contributed by atoms with Gasteiger partial charge in [0.25, 0.3) is 5.69 Å². The van der Waals surface area contributed by atoms with Crippen LogP contribution < -0.4 is 10.2 Å². The SMILES string of the molecule is COc1cc(C=NNc2ccc(S(=O)(=O)N3CCOCC3)cc2[N+](=O)[O-])ccc1O. The summed E-state index contributed by atoms with van der Waals surface area (Å²) < 4.78 is 36.8. The number of rotatable bonds is 7. The number of benzene rings is 2. The molecule has 0 amide bonds. The fourth-order valence-electron chi connectivity index (χ4n) is 2.80. The molecule has 30 heavy (non-hydrogen) atoms. The van der Waals surface area contributed by atoms with Gasteiger partial charge in [-0.1, -0.05) is 0 Å². The van der Waals surface area contributed by atoms with Gasteiger partial charge in [-0.3, -0.25) is 15.5 Å². The Bertz CT molecular complexity index is 1070. The Morgan fingerprint density at radius 2 is 2.00 bits per heavy atom. The minimum Gasteiger partial charge on any atom is -0.504 e. The van der Waals surface area contributed by atoms with Gasteiger partial charge in [0, 0.05) is 19.2 Å². The molecule has 2 aromatic carbocycles. The van der Waals surface area contributed by atoms with E-state index in [9.17, 15) is 23.6 Å². The minimum absolute atomic E-state index is 0.0305. The smallest absolute Gasteiger partial charge is 0.295 e. The number of anilines is 1. The predicted octanol–water partition coefficient (Wildman–Crippen LogP) is 1.78. The van der Waals surface area contributed by atoms with E-state index in [0.717, 1.165) is 6.07 Å². The number of aromatic hydroxyl groups is 1. The molecule has 1 aliphatic rings. The fraction of sp³-hybridized carbons (Fsp3) is 0.278. The summed E-state index contributed by atoms with van der Waals surface area (Å²) >= 11 is 0. The molecule has 0 unspecified atom stereocenters. The van der Waals surface area contributed by atoms with E-state index in [4.69, 9.17) is 9.47 Å². The lowest BCUT2D eigenvalue weighted by molar-refractivity contribution is -0.384. The second-order valence-corrected chi connectivity index (χ2v) is 8.19. The van der Waals surface area contributed by atoms with Crippen molar-refractivity contribution in [3.05, 3.63) is 52.1 Å². The molecule has 0 atom stereocenters. The summed E-state index contributed by atoms with van der Waals surface area (Å²) in [7, 11) is -2.46. The van der Waals surface area contributed by atoms with Crippen molar-refractivity contribution in [3.63, 3.8) is 0 Å². The molecule has 1 fully saturated rings. The van der Waals surface area contributed by atoms with E-state index >= 15 is 0 Å². The van der Waals surface area contributed by atoms with E-state index < -0.39 is 20.6 Å². The molecule has 11 nitrogen and oxygen atoms in total. The summed E-state index contributed by atoms with van der Waals surface area (Å²) in [6, 6.07) is 8.13. The lowest BCUT2D eigenvalue weighted by Gasteiger charge is -2.26. The minimum atomic E-state index is -3.86. The molecule has 0 aromatic heterocycles. The molecule has 0 saturated carbocycles. The van der Waals surface area contributed by atoms with Gasteiger partial charge in [0.05, 0.1) is 36.4 Å². The van der Waals surface area contributed by atoms with Crippen LogP contribution in [0.1, 0.15) is 5.56 Å². The van der Waals surface area contributed by atoms with Crippen LogP contribution in [-0.2, 0) is 14.8 Å². The van der Waals surface area contributed by atoms with E-state index in [-0.39, 0.29) is 48.4 Å². The van der Waals surface area contributed by atoms with Crippen LogP contribution in [0, 0.1) is 10.1 Å². The number of nitro groups is 1. The van der Waals surface area contributed by atoms with Gasteiger partial charge >= 0.3 is 0 Å². The number of hydrogen-bond acceptors (Lipinski definition) is 9. The lowest BCUT2D eigenvalue weighted by Crippen LogP contribution is -2.40. The van der Waals surface area contributed by atoms with Gasteiger partial charge in [-0.2, -0.15) is 9.41 Å². The van der Waals surface area contributed by atoms with Crippen molar-refractivity contribution in [1.82, 2.24) is 4.31 Å². The number of nitrogens with one attached hydrogen (secondary N) is 1. The molecule has 0 bridgehead atoms. The van der Waals surface area contributed by atoms with Crippen LogP contribution in [0.2, 0.25) is 0 Å². The first-order valence-electron chi connectivity index (χ1n) is 8.85. The van der Waals surface area contributed by atoms with Crippen molar-refractivity contribution < 1.29 is 27.9 Å². The largest absolute Gasteiger partial charge is 0.504 e. The number of sulfonamides is 1.